The summed E-state index contributed by atoms with van der Waals surface area (Å²) >= 11 is 4.78. The first-order valence-corrected chi connectivity index (χ1v) is 14.8. The van der Waals surface area contributed by atoms with Gasteiger partial charge in [0.05, 0.1) is 25.8 Å². The number of hydrogen-bond donors (Lipinski definition) is 2. The van der Waals surface area contributed by atoms with Gasteiger partial charge in [-0.25, -0.2) is 4.79 Å². The molecule has 0 saturated carbocycles. The lowest BCUT2D eigenvalue weighted by molar-refractivity contribution is 0.0528. The quantitative estimate of drug-likeness (QED) is 0.0591. The van der Waals surface area contributed by atoms with Gasteiger partial charge in [0.1, 0.15) is 28.4 Å². The molecule has 10 nitrogen and oxygen atoms in total. The molecule has 0 aliphatic heterocycles. The number of rotatable bonds is 13. The monoisotopic (exact) mass is 614 g/mol. The van der Waals surface area contributed by atoms with Gasteiger partial charge < -0.3 is 34.0 Å². The average Bonchev–Trinajstić information content (AvgIpc) is 3.54. The number of esters is 1. The lowest BCUT2D eigenvalue weighted by Crippen LogP contribution is -2.05. The number of benzene rings is 3. The lowest BCUT2D eigenvalue weighted by atomic mass is 10.1. The van der Waals surface area contributed by atoms with E-state index in [0.29, 0.717) is 52.6 Å². The maximum Gasteiger partial charge on any atom is 0.342 e. The van der Waals surface area contributed by atoms with Gasteiger partial charge in [0.15, 0.2) is 5.69 Å². The molecule has 0 aliphatic carbocycles. The van der Waals surface area contributed by atoms with Crippen molar-refractivity contribution in [3.63, 3.8) is 0 Å². The number of fused-ring (bicyclic) bond motifs is 2. The second kappa shape index (κ2) is 14.0. The maximum absolute atomic E-state index is 13.0. The zero-order chi connectivity index (χ0) is 31.1. The summed E-state index contributed by atoms with van der Waals surface area (Å²) in [6.07, 6.45) is 3.59. The molecule has 44 heavy (non-hydrogen) atoms. The Bertz CT molecular complexity index is 1810. The van der Waals surface area contributed by atoms with Crippen molar-refractivity contribution >= 4 is 50.9 Å². The minimum Gasteiger partial charge on any atom is -0.497 e. The third kappa shape index (κ3) is 6.68. The summed E-state index contributed by atoms with van der Waals surface area (Å²) in [6.45, 7) is 3.16. The molecular weight excluding hydrogens is 580 g/mol. The van der Waals surface area contributed by atoms with Crippen molar-refractivity contribution < 1.29 is 28.5 Å². The number of aryl methyl sites for hydroxylation is 1. The number of carbonyl (C=O) groups is 1. The van der Waals surface area contributed by atoms with Gasteiger partial charge in [-0.15, -0.1) is 10.2 Å². The van der Waals surface area contributed by atoms with Gasteiger partial charge >= 0.3 is 5.97 Å². The van der Waals surface area contributed by atoms with Crippen LogP contribution in [0.3, 0.4) is 0 Å². The first-order chi connectivity index (χ1) is 21.4. The molecule has 0 saturated heterocycles. The van der Waals surface area contributed by atoms with Crippen molar-refractivity contribution in [2.75, 3.05) is 20.3 Å². The van der Waals surface area contributed by atoms with Gasteiger partial charge in [0.25, 0.3) is 0 Å². The minimum atomic E-state index is -0.450. The molecule has 0 spiro atoms. The number of aromatic nitrogens is 1. The van der Waals surface area contributed by atoms with Crippen molar-refractivity contribution in [3.8, 4) is 28.7 Å². The number of unbranched alkanes of at least 4 members (excludes halogenated alkanes) is 3. The number of para-hydroxylation sites is 1. The normalized spacial score (nSPS) is 11.4. The van der Waals surface area contributed by atoms with E-state index in [-0.39, 0.29) is 17.6 Å². The molecular formula is C33H34N4O6S. The molecule has 0 aliphatic rings. The fraction of sp³-hybridized carbons (Fsp3) is 0.273. The summed E-state index contributed by atoms with van der Waals surface area (Å²) in [7, 11) is 1.60. The van der Waals surface area contributed by atoms with Crippen LogP contribution in [0.1, 0.15) is 43.0 Å². The van der Waals surface area contributed by atoms with E-state index in [1.807, 2.05) is 71.3 Å². The number of hydrogen-bond acceptors (Lipinski definition) is 8. The summed E-state index contributed by atoms with van der Waals surface area (Å²) in [5, 5.41) is 19.9. The standard InChI is InChI=1S/C33H34N4O6S/c1-3-41-32(39)28-25-20-23(16-17-27(25)43-30(28)21-12-14-22(40-2)15-13-21)42-19-9-5-4-8-18-37-26-11-7-6-10-24(26)29(31(37)38)35-36-33(34)44/h6-7,10-17,20,38H,3-5,8-9,18-19H2,1-2H3,(H2,34,44). The molecule has 0 fully saturated rings. The van der Waals surface area contributed by atoms with E-state index in [1.54, 1.807) is 14.0 Å². The van der Waals surface area contributed by atoms with Crippen LogP contribution in [0, 0.1) is 0 Å². The van der Waals surface area contributed by atoms with E-state index >= 15 is 0 Å². The molecule has 0 amide bonds. The van der Waals surface area contributed by atoms with Crippen molar-refractivity contribution in [2.45, 2.75) is 39.2 Å². The van der Waals surface area contributed by atoms with Crippen LogP contribution in [-0.2, 0) is 11.3 Å². The van der Waals surface area contributed by atoms with Gasteiger partial charge in [-0.3, -0.25) is 0 Å². The zero-order valence-corrected chi connectivity index (χ0v) is 25.4. The first-order valence-electron chi connectivity index (χ1n) is 14.4. The Morgan fingerprint density at radius 2 is 1.75 bits per heavy atom. The van der Waals surface area contributed by atoms with Crippen LogP contribution in [0.25, 0.3) is 33.2 Å². The minimum absolute atomic E-state index is 0.0431. The van der Waals surface area contributed by atoms with E-state index in [2.05, 4.69) is 10.2 Å². The third-order valence-electron chi connectivity index (χ3n) is 7.20. The summed E-state index contributed by atoms with van der Waals surface area (Å²) in [5.41, 5.74) is 8.37. The van der Waals surface area contributed by atoms with E-state index in [0.717, 1.165) is 42.1 Å². The highest BCUT2D eigenvalue weighted by Gasteiger charge is 2.24. The Hall–Kier alpha value is -4.90. The topological polar surface area (TPSA) is 134 Å². The number of nitrogens with two attached hydrogens (primary N) is 1. The Balaban J connectivity index is 1.20. The van der Waals surface area contributed by atoms with Crippen LogP contribution >= 0.6 is 12.2 Å². The third-order valence-corrected chi connectivity index (χ3v) is 7.28. The largest absolute Gasteiger partial charge is 0.497 e. The summed E-state index contributed by atoms with van der Waals surface area (Å²) < 4.78 is 24.6. The highest BCUT2D eigenvalue weighted by molar-refractivity contribution is 7.80. The van der Waals surface area contributed by atoms with Crippen LogP contribution in [0.2, 0.25) is 0 Å². The first kappa shape index (κ1) is 30.6. The van der Waals surface area contributed by atoms with Gasteiger partial charge in [-0.05, 0) is 80.5 Å². The fourth-order valence-corrected chi connectivity index (χ4v) is 5.17. The highest BCUT2D eigenvalue weighted by atomic mass is 32.1. The van der Waals surface area contributed by atoms with Crippen molar-refractivity contribution in [1.82, 2.24) is 4.57 Å². The molecule has 0 atom stereocenters. The second-order valence-electron chi connectivity index (χ2n) is 10.1. The maximum atomic E-state index is 13.0. The van der Waals surface area contributed by atoms with Crippen LogP contribution in [-0.4, -0.2) is 41.1 Å². The molecule has 0 unspecified atom stereocenters. The molecule has 3 N–H and O–H groups in total. The molecule has 228 valence electrons. The summed E-state index contributed by atoms with van der Waals surface area (Å²) in [6, 6.07) is 20.4. The van der Waals surface area contributed by atoms with Gasteiger partial charge in [-0.1, -0.05) is 31.0 Å². The van der Waals surface area contributed by atoms with E-state index < -0.39 is 5.97 Å². The number of ether oxygens (including phenoxy) is 3. The predicted molar refractivity (Wildman–Crippen MR) is 173 cm³/mol. The van der Waals surface area contributed by atoms with Crippen LogP contribution < -0.4 is 15.2 Å². The van der Waals surface area contributed by atoms with Crippen molar-refractivity contribution in [3.05, 3.63) is 72.3 Å². The molecule has 5 aromatic rings. The molecule has 0 radical (unpaired) electrons. The fourth-order valence-electron chi connectivity index (χ4n) is 5.13. The van der Waals surface area contributed by atoms with Gasteiger partial charge in [-0.2, -0.15) is 0 Å². The lowest BCUT2D eigenvalue weighted by Gasteiger charge is -2.08. The Morgan fingerprint density at radius 1 is 1.00 bits per heavy atom. The number of azo groups is 1. The SMILES string of the molecule is CCOC(=O)c1c(-c2ccc(OC)cc2)oc2ccc(OCCCCCCn3c(O)c(N=NC(N)=S)c4ccccc43)cc12. The number of carbonyl (C=O) groups excluding carboxylic acids is 1. The second-order valence-corrected chi connectivity index (χ2v) is 10.5. The summed E-state index contributed by atoms with van der Waals surface area (Å²) in [5.74, 6) is 1.39. The van der Waals surface area contributed by atoms with E-state index in [9.17, 15) is 9.90 Å². The molecule has 3 aromatic carbocycles. The van der Waals surface area contributed by atoms with Gasteiger partial charge in [0, 0.05) is 22.9 Å². The van der Waals surface area contributed by atoms with Gasteiger partial charge in [0.2, 0.25) is 11.0 Å². The van der Waals surface area contributed by atoms with E-state index in [1.165, 1.54) is 0 Å². The molecule has 2 heterocycles. The van der Waals surface area contributed by atoms with Crippen LogP contribution in [0.5, 0.6) is 17.4 Å². The van der Waals surface area contributed by atoms with Crippen LogP contribution in [0.4, 0.5) is 5.69 Å². The Kier molecular flexibility index (Phi) is 9.75. The number of thiocarbonyl (C=S) groups is 1. The Labute approximate surface area is 260 Å². The number of methoxy groups -OCH3 is 1. The molecule has 5 rings (SSSR count). The summed E-state index contributed by atoms with van der Waals surface area (Å²) in [4.78, 5) is 13.0. The molecule has 2 aromatic heterocycles. The zero-order valence-electron chi connectivity index (χ0n) is 24.6. The average molecular weight is 615 g/mol. The van der Waals surface area contributed by atoms with E-state index in [4.69, 9.17) is 36.6 Å². The number of nitrogens with zero attached hydrogens (tertiary/aromatic N) is 3. The highest BCUT2D eigenvalue weighted by Crippen LogP contribution is 2.39. The van der Waals surface area contributed by atoms with Crippen LogP contribution in [0.15, 0.2) is 81.4 Å². The smallest absolute Gasteiger partial charge is 0.342 e. The van der Waals surface area contributed by atoms with Crippen molar-refractivity contribution in [1.29, 1.82) is 0 Å². The molecule has 0 bridgehead atoms. The number of aromatic hydroxyl groups is 1. The molecule has 11 heteroatoms. The Morgan fingerprint density at radius 3 is 2.50 bits per heavy atom. The predicted octanol–water partition coefficient (Wildman–Crippen LogP) is 7.91. The number of furan rings is 1. The van der Waals surface area contributed by atoms with Crippen molar-refractivity contribution in [2.24, 2.45) is 16.0 Å².